The number of amidine groups is 1. The van der Waals surface area contributed by atoms with Gasteiger partial charge in [-0.3, -0.25) is 4.79 Å². The van der Waals surface area contributed by atoms with Crippen LogP contribution in [0.4, 0.5) is 4.39 Å². The Kier molecular flexibility index (Phi) is 4.65. The molecule has 2 aromatic rings. The highest BCUT2D eigenvalue weighted by Crippen LogP contribution is 2.23. The maximum atomic E-state index is 12.9. The van der Waals surface area contributed by atoms with Gasteiger partial charge in [0.15, 0.2) is 5.17 Å². The first-order valence-electron chi connectivity index (χ1n) is 6.57. The van der Waals surface area contributed by atoms with E-state index in [0.29, 0.717) is 11.6 Å². The monoisotopic (exact) mass is 333 g/mol. The summed E-state index contributed by atoms with van der Waals surface area (Å²) in [6, 6.07) is 10.0. The van der Waals surface area contributed by atoms with Gasteiger partial charge in [-0.15, -0.1) is 16.4 Å². The third-order valence-electron chi connectivity index (χ3n) is 2.99. The van der Waals surface area contributed by atoms with Crippen molar-refractivity contribution in [1.29, 1.82) is 0 Å². The second kappa shape index (κ2) is 6.85. The number of halogens is 1. The zero-order chi connectivity index (χ0) is 15.4. The van der Waals surface area contributed by atoms with E-state index in [1.807, 2.05) is 17.5 Å². The lowest BCUT2D eigenvalue weighted by Crippen LogP contribution is -2.25. The van der Waals surface area contributed by atoms with E-state index in [1.165, 1.54) is 23.9 Å². The Labute approximate surface area is 135 Å². The number of carbonyl (C=O) groups is 1. The largest absolute Gasteiger partial charge is 0.303 e. The van der Waals surface area contributed by atoms with E-state index in [2.05, 4.69) is 15.5 Å². The third-order valence-corrected chi connectivity index (χ3v) is 4.87. The number of nitrogens with one attached hydrogen (secondary N) is 1. The minimum atomic E-state index is -0.280. The minimum absolute atomic E-state index is 0.0978. The normalized spacial score (nSPS) is 20.0. The zero-order valence-corrected chi connectivity index (χ0v) is 13.0. The van der Waals surface area contributed by atoms with Crippen molar-refractivity contribution in [3.05, 3.63) is 58.0 Å². The summed E-state index contributed by atoms with van der Waals surface area (Å²) < 4.78 is 12.9. The molecule has 4 nitrogen and oxygen atoms in total. The molecule has 0 aliphatic carbocycles. The lowest BCUT2D eigenvalue weighted by Gasteiger charge is -2.04. The first-order chi connectivity index (χ1) is 10.7. The Morgan fingerprint density at radius 2 is 2.09 bits per heavy atom. The molecule has 1 amide bonds. The molecule has 1 unspecified atom stereocenters. The Morgan fingerprint density at radius 3 is 2.82 bits per heavy atom. The first kappa shape index (κ1) is 14.9. The number of benzene rings is 1. The fraction of sp³-hybridized carbons (Fsp3) is 0.133. The maximum Gasteiger partial charge on any atom is 0.239 e. The molecule has 1 saturated heterocycles. The summed E-state index contributed by atoms with van der Waals surface area (Å²) in [6.45, 7) is 0. The summed E-state index contributed by atoms with van der Waals surface area (Å²) in [5, 5.41) is 12.9. The van der Waals surface area contributed by atoms with Crippen molar-refractivity contribution in [2.45, 2.75) is 11.7 Å². The standard InChI is InChI=1S/C15H12FN3OS2/c16-11-5-3-10(4-6-11)8-13-14(20)18-15(22-13)19-17-9-12-2-1-7-21-12/h1-7,9,13H,8H2,(H,18,19,20). The lowest BCUT2D eigenvalue weighted by atomic mass is 10.1. The maximum absolute atomic E-state index is 12.9. The van der Waals surface area contributed by atoms with E-state index in [1.54, 1.807) is 29.7 Å². The summed E-state index contributed by atoms with van der Waals surface area (Å²) in [6.07, 6.45) is 2.18. The molecule has 3 rings (SSSR count). The van der Waals surface area contributed by atoms with Crippen molar-refractivity contribution in [2.24, 2.45) is 10.2 Å². The highest BCUT2D eigenvalue weighted by Gasteiger charge is 2.30. The number of thioether (sulfide) groups is 1. The molecule has 0 bridgehead atoms. The van der Waals surface area contributed by atoms with Gasteiger partial charge in [-0.2, -0.15) is 5.10 Å². The van der Waals surface area contributed by atoms with E-state index in [0.717, 1.165) is 10.4 Å². The molecule has 1 atom stereocenters. The van der Waals surface area contributed by atoms with Crippen LogP contribution in [0, 0.1) is 5.82 Å². The van der Waals surface area contributed by atoms with Crippen LogP contribution in [0.25, 0.3) is 0 Å². The van der Waals surface area contributed by atoms with Crippen LogP contribution in [0.3, 0.4) is 0 Å². The van der Waals surface area contributed by atoms with Crippen molar-refractivity contribution in [3.8, 4) is 0 Å². The van der Waals surface area contributed by atoms with E-state index in [4.69, 9.17) is 0 Å². The Bertz CT molecular complexity index is 711. The van der Waals surface area contributed by atoms with Crippen molar-refractivity contribution in [3.63, 3.8) is 0 Å². The average molecular weight is 333 g/mol. The van der Waals surface area contributed by atoms with Gasteiger partial charge in [0.2, 0.25) is 5.91 Å². The molecule has 112 valence electrons. The molecule has 1 aromatic heterocycles. The van der Waals surface area contributed by atoms with E-state index in [9.17, 15) is 9.18 Å². The number of hydrogen-bond donors (Lipinski definition) is 1. The van der Waals surface area contributed by atoms with Gasteiger partial charge in [0.05, 0.1) is 11.5 Å². The fourth-order valence-corrected chi connectivity index (χ4v) is 3.47. The Morgan fingerprint density at radius 1 is 1.27 bits per heavy atom. The van der Waals surface area contributed by atoms with Gasteiger partial charge >= 0.3 is 0 Å². The molecule has 0 radical (unpaired) electrons. The molecule has 1 aliphatic rings. The summed E-state index contributed by atoms with van der Waals surface area (Å²) in [5.41, 5.74) is 0.914. The molecular weight excluding hydrogens is 321 g/mol. The highest BCUT2D eigenvalue weighted by atomic mass is 32.2. The molecule has 0 saturated carbocycles. The van der Waals surface area contributed by atoms with Crippen molar-refractivity contribution >= 4 is 40.4 Å². The molecule has 1 aliphatic heterocycles. The molecule has 1 fully saturated rings. The number of nitrogens with zero attached hydrogens (tertiary/aromatic N) is 2. The van der Waals surface area contributed by atoms with Gasteiger partial charge in [-0.25, -0.2) is 4.39 Å². The van der Waals surface area contributed by atoms with Gasteiger partial charge in [-0.05, 0) is 35.6 Å². The van der Waals surface area contributed by atoms with Crippen molar-refractivity contribution in [2.75, 3.05) is 0 Å². The number of hydrogen-bond acceptors (Lipinski definition) is 5. The zero-order valence-electron chi connectivity index (χ0n) is 11.4. The predicted octanol–water partition coefficient (Wildman–Crippen LogP) is 3.05. The van der Waals surface area contributed by atoms with Crippen LogP contribution in [0.1, 0.15) is 10.4 Å². The fourth-order valence-electron chi connectivity index (χ4n) is 1.92. The van der Waals surface area contributed by atoms with Gasteiger partial charge in [0, 0.05) is 4.88 Å². The number of thiophene rings is 1. The molecule has 2 heterocycles. The molecule has 1 N–H and O–H groups in total. The third kappa shape index (κ3) is 3.80. The Balaban J connectivity index is 1.61. The number of amides is 1. The minimum Gasteiger partial charge on any atom is -0.303 e. The van der Waals surface area contributed by atoms with Gasteiger partial charge in [-0.1, -0.05) is 30.0 Å². The van der Waals surface area contributed by atoms with Gasteiger partial charge in [0.1, 0.15) is 5.82 Å². The van der Waals surface area contributed by atoms with Crippen LogP contribution in [-0.2, 0) is 11.2 Å². The first-order valence-corrected chi connectivity index (χ1v) is 8.33. The van der Waals surface area contributed by atoms with E-state index >= 15 is 0 Å². The van der Waals surface area contributed by atoms with Crippen LogP contribution >= 0.6 is 23.1 Å². The molecular formula is C15H12FN3OS2. The predicted molar refractivity (Wildman–Crippen MR) is 89.0 cm³/mol. The lowest BCUT2D eigenvalue weighted by molar-refractivity contribution is -0.118. The van der Waals surface area contributed by atoms with Crippen molar-refractivity contribution in [1.82, 2.24) is 5.32 Å². The number of rotatable bonds is 4. The SMILES string of the molecule is O=C1N/C(=N\N=Cc2cccs2)SC1Cc1ccc(F)cc1. The number of carbonyl (C=O) groups excluding carboxylic acids is 1. The summed E-state index contributed by atoms with van der Waals surface area (Å²) in [4.78, 5) is 12.9. The van der Waals surface area contributed by atoms with Crippen molar-refractivity contribution < 1.29 is 9.18 Å². The van der Waals surface area contributed by atoms with Gasteiger partial charge in [0.25, 0.3) is 0 Å². The van der Waals surface area contributed by atoms with Crippen LogP contribution < -0.4 is 5.32 Å². The summed E-state index contributed by atoms with van der Waals surface area (Å²) in [7, 11) is 0. The average Bonchev–Trinajstić information content (AvgIpc) is 3.12. The van der Waals surface area contributed by atoms with Gasteiger partial charge < -0.3 is 5.32 Å². The smallest absolute Gasteiger partial charge is 0.239 e. The molecule has 0 spiro atoms. The topological polar surface area (TPSA) is 53.8 Å². The van der Waals surface area contributed by atoms with Crippen LogP contribution in [0.2, 0.25) is 0 Å². The second-order valence-corrected chi connectivity index (χ2v) is 6.76. The van der Waals surface area contributed by atoms with E-state index in [-0.39, 0.29) is 17.0 Å². The Hall–Kier alpha value is -1.99. The summed E-state index contributed by atoms with van der Waals surface area (Å²) in [5.74, 6) is -0.378. The molecule has 7 heteroatoms. The highest BCUT2D eigenvalue weighted by molar-refractivity contribution is 8.15. The second-order valence-electron chi connectivity index (χ2n) is 4.59. The van der Waals surface area contributed by atoms with Crippen LogP contribution in [0.5, 0.6) is 0 Å². The van der Waals surface area contributed by atoms with Crippen LogP contribution in [-0.4, -0.2) is 22.5 Å². The summed E-state index contributed by atoms with van der Waals surface area (Å²) >= 11 is 2.91. The molecule has 1 aromatic carbocycles. The molecule has 22 heavy (non-hydrogen) atoms. The van der Waals surface area contributed by atoms with Crippen LogP contribution in [0.15, 0.2) is 52.0 Å². The van der Waals surface area contributed by atoms with E-state index < -0.39 is 0 Å². The quantitative estimate of drug-likeness (QED) is 0.691.